The Kier molecular flexibility index (Phi) is 5.71. The second-order valence-corrected chi connectivity index (χ2v) is 8.56. The van der Waals surface area contributed by atoms with E-state index in [1.165, 1.54) is 6.42 Å². The molecule has 1 atom stereocenters. The van der Waals surface area contributed by atoms with E-state index in [1.54, 1.807) is 0 Å². The highest BCUT2D eigenvalue weighted by molar-refractivity contribution is 5.99. The molecule has 5 rings (SSSR count). The number of anilines is 1. The molecular formula is C25H26N4O3. The van der Waals surface area contributed by atoms with Gasteiger partial charge >= 0.3 is 0 Å². The molecule has 2 fully saturated rings. The zero-order chi connectivity index (χ0) is 21.9. The highest BCUT2D eigenvalue weighted by Crippen LogP contribution is 2.31. The smallest absolute Gasteiger partial charge is 0.260 e. The molecule has 1 N–H and O–H groups in total. The number of carbonyl (C=O) groups excluding carboxylic acids is 2. The Morgan fingerprint density at radius 1 is 1.00 bits per heavy atom. The predicted molar refractivity (Wildman–Crippen MR) is 120 cm³/mol. The first-order valence-electron chi connectivity index (χ1n) is 11.3. The van der Waals surface area contributed by atoms with E-state index in [0.717, 1.165) is 31.2 Å². The molecule has 2 aliphatic rings. The molecule has 0 spiro atoms. The monoisotopic (exact) mass is 430 g/mol. The molecule has 1 aliphatic carbocycles. The van der Waals surface area contributed by atoms with Crippen molar-refractivity contribution in [2.75, 3.05) is 11.9 Å². The number of benzene rings is 2. The predicted octanol–water partition coefficient (Wildman–Crippen LogP) is 4.52. The van der Waals surface area contributed by atoms with Gasteiger partial charge in [-0.3, -0.25) is 9.59 Å². The molecule has 0 bridgehead atoms. The van der Waals surface area contributed by atoms with Crippen LogP contribution in [0.2, 0.25) is 0 Å². The van der Waals surface area contributed by atoms with Gasteiger partial charge in [0.25, 0.3) is 5.89 Å². The van der Waals surface area contributed by atoms with Crippen LogP contribution >= 0.6 is 0 Å². The molecular weight excluding hydrogens is 404 g/mol. The molecule has 2 amide bonds. The molecule has 1 aliphatic heterocycles. The van der Waals surface area contributed by atoms with Gasteiger partial charge in [0.15, 0.2) is 0 Å². The number of para-hydroxylation sites is 1. The van der Waals surface area contributed by atoms with E-state index in [9.17, 15) is 9.59 Å². The summed E-state index contributed by atoms with van der Waals surface area (Å²) < 4.78 is 5.49. The molecule has 1 saturated heterocycles. The number of aromatic nitrogens is 2. The Hall–Kier alpha value is -3.48. The van der Waals surface area contributed by atoms with Crippen LogP contribution in [0.4, 0.5) is 5.69 Å². The Labute approximate surface area is 186 Å². The van der Waals surface area contributed by atoms with Gasteiger partial charge < -0.3 is 14.7 Å². The lowest BCUT2D eigenvalue weighted by Gasteiger charge is -2.31. The first-order chi connectivity index (χ1) is 15.7. The van der Waals surface area contributed by atoms with Gasteiger partial charge in [-0.2, -0.15) is 4.98 Å². The quantitative estimate of drug-likeness (QED) is 0.643. The van der Waals surface area contributed by atoms with Crippen LogP contribution in [0.5, 0.6) is 0 Å². The minimum atomic E-state index is -0.347. The number of rotatable bonds is 5. The lowest BCUT2D eigenvalue weighted by molar-refractivity contribution is -0.130. The summed E-state index contributed by atoms with van der Waals surface area (Å²) in [6.45, 7) is 0.496. The van der Waals surface area contributed by atoms with Crippen LogP contribution < -0.4 is 5.32 Å². The lowest BCUT2D eigenvalue weighted by atomic mass is 9.94. The number of nitrogens with zero attached hydrogens (tertiary/aromatic N) is 3. The summed E-state index contributed by atoms with van der Waals surface area (Å²) in [5.41, 5.74) is 2.12. The molecule has 1 aromatic heterocycles. The van der Waals surface area contributed by atoms with E-state index < -0.39 is 0 Å². The van der Waals surface area contributed by atoms with Crippen molar-refractivity contribution in [3.05, 3.63) is 54.6 Å². The van der Waals surface area contributed by atoms with Crippen molar-refractivity contribution in [3.8, 4) is 22.8 Å². The zero-order valence-corrected chi connectivity index (χ0v) is 17.9. The summed E-state index contributed by atoms with van der Waals surface area (Å²) in [4.78, 5) is 32.1. The van der Waals surface area contributed by atoms with Gasteiger partial charge in [-0.25, -0.2) is 0 Å². The summed E-state index contributed by atoms with van der Waals surface area (Å²) in [6, 6.07) is 17.2. The zero-order valence-electron chi connectivity index (χ0n) is 17.9. The number of nitrogens with one attached hydrogen (secondary N) is 1. The van der Waals surface area contributed by atoms with E-state index in [0.29, 0.717) is 29.5 Å². The van der Waals surface area contributed by atoms with Crippen molar-refractivity contribution in [3.63, 3.8) is 0 Å². The van der Waals surface area contributed by atoms with Crippen LogP contribution in [0.3, 0.4) is 0 Å². The Bertz CT molecular complexity index is 1110. The summed E-state index contributed by atoms with van der Waals surface area (Å²) in [5.74, 6) is 0.430. The number of likely N-dealkylation sites (tertiary alicyclic amines) is 1. The summed E-state index contributed by atoms with van der Waals surface area (Å²) in [7, 11) is 0. The fourth-order valence-electron chi connectivity index (χ4n) is 4.70. The fourth-order valence-corrected chi connectivity index (χ4v) is 4.70. The van der Waals surface area contributed by atoms with Crippen molar-refractivity contribution in [1.82, 2.24) is 15.0 Å². The number of carbonyl (C=O) groups is 2. The highest BCUT2D eigenvalue weighted by Gasteiger charge is 2.38. The summed E-state index contributed by atoms with van der Waals surface area (Å²) in [5, 5.41) is 7.08. The van der Waals surface area contributed by atoms with Gasteiger partial charge in [-0.05, 0) is 25.0 Å². The minimum Gasteiger partial charge on any atom is -0.339 e. The number of hydrogen-bond donors (Lipinski definition) is 1. The van der Waals surface area contributed by atoms with Crippen LogP contribution in [0, 0.1) is 5.92 Å². The largest absolute Gasteiger partial charge is 0.339 e. The first kappa shape index (κ1) is 20.4. The Morgan fingerprint density at radius 2 is 1.75 bits per heavy atom. The third kappa shape index (κ3) is 4.15. The third-order valence-corrected chi connectivity index (χ3v) is 6.42. The van der Waals surface area contributed by atoms with Gasteiger partial charge in [0.05, 0.1) is 17.2 Å². The summed E-state index contributed by atoms with van der Waals surface area (Å²) in [6.07, 6.45) is 5.92. The minimum absolute atomic E-state index is 0.0924. The van der Waals surface area contributed by atoms with E-state index in [1.807, 2.05) is 59.5 Å². The molecule has 164 valence electrons. The molecule has 7 heteroatoms. The van der Waals surface area contributed by atoms with Gasteiger partial charge in [0.2, 0.25) is 17.6 Å². The maximum atomic E-state index is 13.0. The molecule has 2 aromatic carbocycles. The second kappa shape index (κ2) is 8.94. The van der Waals surface area contributed by atoms with Crippen LogP contribution in [0.1, 0.15) is 38.5 Å². The van der Waals surface area contributed by atoms with E-state index in [4.69, 9.17) is 4.52 Å². The molecule has 2 heterocycles. The van der Waals surface area contributed by atoms with Gasteiger partial charge in [-0.15, -0.1) is 0 Å². The molecule has 7 nitrogen and oxygen atoms in total. The maximum absolute atomic E-state index is 13.0. The number of amides is 2. The van der Waals surface area contributed by atoms with Crippen molar-refractivity contribution in [1.29, 1.82) is 0 Å². The van der Waals surface area contributed by atoms with E-state index in [-0.39, 0.29) is 30.2 Å². The average Bonchev–Trinajstić information content (AvgIpc) is 3.48. The lowest BCUT2D eigenvalue weighted by Crippen LogP contribution is -2.38. The molecule has 3 aromatic rings. The van der Waals surface area contributed by atoms with Crippen molar-refractivity contribution in [2.45, 2.75) is 44.6 Å². The van der Waals surface area contributed by atoms with E-state index in [2.05, 4.69) is 15.5 Å². The maximum Gasteiger partial charge on any atom is 0.260 e. The Morgan fingerprint density at radius 3 is 2.56 bits per heavy atom. The SMILES string of the molecule is O=C(Nc1ccccc1-c1nc(-c2ccccc2)no1)[C@@H]1CC(=O)N(C2CCCCC2)C1. The van der Waals surface area contributed by atoms with Crippen molar-refractivity contribution >= 4 is 17.5 Å². The van der Waals surface area contributed by atoms with Crippen LogP contribution in [0.25, 0.3) is 22.8 Å². The molecule has 0 radical (unpaired) electrons. The average molecular weight is 431 g/mol. The van der Waals surface area contributed by atoms with Crippen molar-refractivity contribution < 1.29 is 14.1 Å². The molecule has 1 saturated carbocycles. The number of hydrogen-bond acceptors (Lipinski definition) is 5. The first-order valence-corrected chi connectivity index (χ1v) is 11.3. The normalized spacial score (nSPS) is 19.3. The van der Waals surface area contributed by atoms with Gasteiger partial charge in [0.1, 0.15) is 0 Å². The van der Waals surface area contributed by atoms with E-state index >= 15 is 0 Å². The molecule has 0 unspecified atom stereocenters. The van der Waals surface area contributed by atoms with Gasteiger partial charge in [-0.1, -0.05) is 66.9 Å². The highest BCUT2D eigenvalue weighted by atomic mass is 16.5. The Balaban J connectivity index is 1.31. The van der Waals surface area contributed by atoms with Crippen LogP contribution in [0.15, 0.2) is 59.1 Å². The van der Waals surface area contributed by atoms with Gasteiger partial charge in [0, 0.05) is 24.6 Å². The molecule has 32 heavy (non-hydrogen) atoms. The van der Waals surface area contributed by atoms with Crippen LogP contribution in [-0.4, -0.2) is 39.4 Å². The van der Waals surface area contributed by atoms with Crippen molar-refractivity contribution in [2.24, 2.45) is 5.92 Å². The fraction of sp³-hybridized carbons (Fsp3) is 0.360. The van der Waals surface area contributed by atoms with Crippen LogP contribution in [-0.2, 0) is 9.59 Å². The topological polar surface area (TPSA) is 88.3 Å². The standard InChI is InChI=1S/C25H26N4O3/c30-22-15-18(16-29(22)19-11-5-2-6-12-19)24(31)26-21-14-8-7-13-20(21)25-27-23(28-32-25)17-9-3-1-4-10-17/h1,3-4,7-10,13-14,18-19H,2,5-6,11-12,15-16H2,(H,26,31)/t18-/m1/s1. The third-order valence-electron chi connectivity index (χ3n) is 6.42. The summed E-state index contributed by atoms with van der Waals surface area (Å²) >= 11 is 0. The second-order valence-electron chi connectivity index (χ2n) is 8.56.